The van der Waals surface area contributed by atoms with Gasteiger partial charge in [-0.15, -0.1) is 0 Å². The highest BCUT2D eigenvalue weighted by atomic mass is 15.1. The number of aryl methyl sites for hydroxylation is 3. The Kier molecular flexibility index (Phi) is 2.04. The Balaban J connectivity index is 2.38. The number of aromatic nitrogens is 4. The summed E-state index contributed by atoms with van der Waals surface area (Å²) in [5, 5.41) is 7.26. The molecule has 4 heteroatoms. The van der Waals surface area contributed by atoms with Gasteiger partial charge in [0, 0.05) is 16.8 Å². The summed E-state index contributed by atoms with van der Waals surface area (Å²) in [6.07, 6.45) is 0. The lowest BCUT2D eigenvalue weighted by atomic mass is 10.0. The summed E-state index contributed by atoms with van der Waals surface area (Å²) in [6.45, 7) is 6.02. The highest BCUT2D eigenvalue weighted by molar-refractivity contribution is 5.93. The Morgan fingerprint density at radius 1 is 1.12 bits per heavy atom. The molecule has 0 aliphatic heterocycles. The Morgan fingerprint density at radius 2 is 1.94 bits per heavy atom. The van der Waals surface area contributed by atoms with Crippen LogP contribution in [0.15, 0.2) is 18.2 Å². The zero-order chi connectivity index (χ0) is 12.0. The molecule has 0 amide bonds. The van der Waals surface area contributed by atoms with Crippen LogP contribution in [0.3, 0.4) is 0 Å². The standard InChI is InChI=1S/C13H14N4/c1-7-12(8(2)17-16-7)10-5-4-6-11-13(10)15-9(3)14-11/h4-6H,1-3H3,(H,14,15)(H,16,17). The van der Waals surface area contributed by atoms with E-state index in [1.807, 2.05) is 32.9 Å². The Bertz CT molecular complexity index is 671. The predicted octanol–water partition coefficient (Wildman–Crippen LogP) is 2.88. The molecule has 0 unspecified atom stereocenters. The first-order chi connectivity index (χ1) is 8.16. The number of H-pyrrole nitrogens is 2. The number of hydrogen-bond acceptors (Lipinski definition) is 2. The van der Waals surface area contributed by atoms with Crippen molar-refractivity contribution in [2.75, 3.05) is 0 Å². The average Bonchev–Trinajstić information content (AvgIpc) is 2.81. The first-order valence-corrected chi connectivity index (χ1v) is 5.64. The fourth-order valence-electron chi connectivity index (χ4n) is 2.30. The summed E-state index contributed by atoms with van der Waals surface area (Å²) >= 11 is 0. The molecule has 0 fully saturated rings. The van der Waals surface area contributed by atoms with Gasteiger partial charge < -0.3 is 4.98 Å². The molecule has 0 bridgehead atoms. The Hall–Kier alpha value is -2.10. The summed E-state index contributed by atoms with van der Waals surface area (Å²) in [7, 11) is 0. The summed E-state index contributed by atoms with van der Waals surface area (Å²) < 4.78 is 0. The molecule has 2 aromatic heterocycles. The normalized spacial score (nSPS) is 11.2. The van der Waals surface area contributed by atoms with E-state index in [0.717, 1.165) is 39.4 Å². The zero-order valence-corrected chi connectivity index (χ0v) is 10.1. The molecular formula is C13H14N4. The molecule has 0 spiro atoms. The quantitative estimate of drug-likeness (QED) is 0.670. The number of fused-ring (bicyclic) bond motifs is 1. The van der Waals surface area contributed by atoms with Crippen LogP contribution in [0.5, 0.6) is 0 Å². The van der Waals surface area contributed by atoms with Crippen LogP contribution < -0.4 is 0 Å². The van der Waals surface area contributed by atoms with Gasteiger partial charge in [-0.2, -0.15) is 5.10 Å². The van der Waals surface area contributed by atoms with Gasteiger partial charge in [0.25, 0.3) is 0 Å². The molecule has 0 radical (unpaired) electrons. The molecule has 0 saturated heterocycles. The molecule has 0 saturated carbocycles. The minimum Gasteiger partial charge on any atom is -0.342 e. The van der Waals surface area contributed by atoms with E-state index in [0.29, 0.717) is 0 Å². The van der Waals surface area contributed by atoms with Gasteiger partial charge >= 0.3 is 0 Å². The number of imidazole rings is 1. The van der Waals surface area contributed by atoms with E-state index in [1.54, 1.807) is 0 Å². The van der Waals surface area contributed by atoms with Crippen LogP contribution in [0.25, 0.3) is 22.2 Å². The van der Waals surface area contributed by atoms with Gasteiger partial charge in [-0.3, -0.25) is 5.10 Å². The molecule has 3 aromatic rings. The van der Waals surface area contributed by atoms with Gasteiger partial charge in [-0.1, -0.05) is 12.1 Å². The van der Waals surface area contributed by atoms with Gasteiger partial charge in [-0.25, -0.2) is 4.98 Å². The third-order valence-electron chi connectivity index (χ3n) is 3.03. The second-order valence-corrected chi connectivity index (χ2v) is 4.33. The number of aromatic amines is 2. The summed E-state index contributed by atoms with van der Waals surface area (Å²) in [5.74, 6) is 0.936. The fraction of sp³-hybridized carbons (Fsp3) is 0.231. The topological polar surface area (TPSA) is 57.4 Å². The van der Waals surface area contributed by atoms with Gasteiger partial charge in [0.2, 0.25) is 0 Å². The van der Waals surface area contributed by atoms with Crippen LogP contribution in [-0.4, -0.2) is 20.2 Å². The molecule has 2 heterocycles. The van der Waals surface area contributed by atoms with Gasteiger partial charge in [0.15, 0.2) is 0 Å². The van der Waals surface area contributed by atoms with Crippen LogP contribution in [-0.2, 0) is 0 Å². The summed E-state index contributed by atoms with van der Waals surface area (Å²) in [5.41, 5.74) is 6.46. The van der Waals surface area contributed by atoms with E-state index in [1.165, 1.54) is 0 Å². The molecule has 1 aromatic carbocycles. The molecule has 17 heavy (non-hydrogen) atoms. The first kappa shape index (κ1) is 10.1. The van der Waals surface area contributed by atoms with Crippen LogP contribution in [0.2, 0.25) is 0 Å². The molecule has 0 atom stereocenters. The lowest BCUT2D eigenvalue weighted by molar-refractivity contribution is 1.02. The van der Waals surface area contributed by atoms with Crippen molar-refractivity contribution in [1.82, 2.24) is 20.2 Å². The van der Waals surface area contributed by atoms with Crippen molar-refractivity contribution < 1.29 is 0 Å². The second kappa shape index (κ2) is 3.45. The maximum Gasteiger partial charge on any atom is 0.104 e. The van der Waals surface area contributed by atoms with Gasteiger partial charge in [0.05, 0.1) is 16.7 Å². The number of hydrogen-bond donors (Lipinski definition) is 2. The maximum atomic E-state index is 4.55. The monoisotopic (exact) mass is 226 g/mol. The highest BCUT2D eigenvalue weighted by Crippen LogP contribution is 2.30. The predicted molar refractivity (Wildman–Crippen MR) is 67.9 cm³/mol. The van der Waals surface area contributed by atoms with Crippen LogP contribution in [0.4, 0.5) is 0 Å². The SMILES string of the molecule is Cc1nc2c(-c3c(C)n[nH]c3C)cccc2[nH]1. The van der Waals surface area contributed by atoms with E-state index in [9.17, 15) is 0 Å². The van der Waals surface area contributed by atoms with E-state index in [-0.39, 0.29) is 0 Å². The fourth-order valence-corrected chi connectivity index (χ4v) is 2.30. The van der Waals surface area contributed by atoms with E-state index < -0.39 is 0 Å². The summed E-state index contributed by atoms with van der Waals surface area (Å²) in [4.78, 5) is 7.81. The minimum absolute atomic E-state index is 0.936. The first-order valence-electron chi connectivity index (χ1n) is 5.64. The van der Waals surface area contributed by atoms with Crippen molar-refractivity contribution >= 4 is 11.0 Å². The van der Waals surface area contributed by atoms with Crippen molar-refractivity contribution in [3.63, 3.8) is 0 Å². The lowest BCUT2D eigenvalue weighted by Gasteiger charge is -2.02. The molecule has 2 N–H and O–H groups in total. The largest absolute Gasteiger partial charge is 0.342 e. The number of rotatable bonds is 1. The van der Waals surface area contributed by atoms with E-state index in [2.05, 4.69) is 26.2 Å². The smallest absolute Gasteiger partial charge is 0.104 e. The number of para-hydroxylation sites is 1. The van der Waals surface area contributed by atoms with Crippen molar-refractivity contribution in [1.29, 1.82) is 0 Å². The molecule has 3 rings (SSSR count). The average molecular weight is 226 g/mol. The van der Waals surface area contributed by atoms with Crippen molar-refractivity contribution in [2.45, 2.75) is 20.8 Å². The van der Waals surface area contributed by atoms with E-state index >= 15 is 0 Å². The Morgan fingerprint density at radius 3 is 2.65 bits per heavy atom. The van der Waals surface area contributed by atoms with Gasteiger partial charge in [-0.05, 0) is 26.8 Å². The van der Waals surface area contributed by atoms with Crippen LogP contribution >= 0.6 is 0 Å². The van der Waals surface area contributed by atoms with Crippen LogP contribution in [0.1, 0.15) is 17.2 Å². The number of nitrogens with zero attached hydrogens (tertiary/aromatic N) is 2. The van der Waals surface area contributed by atoms with Crippen LogP contribution in [0, 0.1) is 20.8 Å². The van der Waals surface area contributed by atoms with Gasteiger partial charge in [0.1, 0.15) is 5.82 Å². The molecule has 0 aliphatic carbocycles. The van der Waals surface area contributed by atoms with Crippen molar-refractivity contribution in [2.24, 2.45) is 0 Å². The molecule has 0 aliphatic rings. The number of nitrogens with one attached hydrogen (secondary N) is 2. The zero-order valence-electron chi connectivity index (χ0n) is 10.1. The van der Waals surface area contributed by atoms with Crippen molar-refractivity contribution in [3.8, 4) is 11.1 Å². The molecule has 4 nitrogen and oxygen atoms in total. The van der Waals surface area contributed by atoms with E-state index in [4.69, 9.17) is 0 Å². The third-order valence-corrected chi connectivity index (χ3v) is 3.03. The lowest BCUT2D eigenvalue weighted by Crippen LogP contribution is -1.84. The highest BCUT2D eigenvalue weighted by Gasteiger charge is 2.13. The summed E-state index contributed by atoms with van der Waals surface area (Å²) in [6, 6.07) is 6.18. The number of benzene rings is 1. The Labute approximate surface area is 99.1 Å². The third kappa shape index (κ3) is 1.45. The maximum absolute atomic E-state index is 4.55. The second-order valence-electron chi connectivity index (χ2n) is 4.33. The molecule has 86 valence electrons. The van der Waals surface area contributed by atoms with Crippen molar-refractivity contribution in [3.05, 3.63) is 35.4 Å². The minimum atomic E-state index is 0.936. The molecular weight excluding hydrogens is 212 g/mol.